The molecule has 0 aliphatic carbocycles. The molecule has 3 aromatic rings. The van der Waals surface area contributed by atoms with Gasteiger partial charge in [0.2, 0.25) is 0 Å². The molecule has 0 radical (unpaired) electrons. The van der Waals surface area contributed by atoms with E-state index in [9.17, 15) is 9.59 Å². The van der Waals surface area contributed by atoms with Gasteiger partial charge in [-0.1, -0.05) is 23.8 Å². The topological polar surface area (TPSA) is 58.6 Å². The first kappa shape index (κ1) is 19.7. The van der Waals surface area contributed by atoms with Gasteiger partial charge in [0.1, 0.15) is 5.75 Å². The standard InChI is InChI=1S/C25H24N2O3/c1-14-6-8-22-20(12-14)27(5)25(29)19-13-18(7-9-21(19)30-22)26-24(28)23-16(3)10-15(2)11-17(23)4/h6-13H,1-5H3,(H,26,28). The lowest BCUT2D eigenvalue weighted by atomic mass is 9.99. The van der Waals surface area contributed by atoms with Crippen LogP contribution in [0.5, 0.6) is 11.5 Å². The number of carbonyl (C=O) groups is 2. The van der Waals surface area contributed by atoms with Crippen LogP contribution in [0.1, 0.15) is 43.0 Å². The molecule has 2 amide bonds. The highest BCUT2D eigenvalue weighted by Gasteiger charge is 2.26. The number of carbonyl (C=O) groups excluding carboxylic acids is 2. The Morgan fingerprint density at radius 1 is 0.867 bits per heavy atom. The summed E-state index contributed by atoms with van der Waals surface area (Å²) in [6, 6.07) is 14.9. The van der Waals surface area contributed by atoms with Crippen molar-refractivity contribution >= 4 is 23.2 Å². The monoisotopic (exact) mass is 400 g/mol. The number of benzene rings is 3. The molecule has 5 heteroatoms. The van der Waals surface area contributed by atoms with Crippen LogP contribution >= 0.6 is 0 Å². The molecule has 0 spiro atoms. The zero-order valence-corrected chi connectivity index (χ0v) is 17.8. The molecule has 30 heavy (non-hydrogen) atoms. The van der Waals surface area contributed by atoms with Crippen molar-refractivity contribution < 1.29 is 14.3 Å². The van der Waals surface area contributed by atoms with Crippen LogP contribution in [0.15, 0.2) is 48.5 Å². The van der Waals surface area contributed by atoms with Gasteiger partial charge in [0.25, 0.3) is 11.8 Å². The molecule has 1 aliphatic heterocycles. The van der Waals surface area contributed by atoms with E-state index in [2.05, 4.69) is 5.32 Å². The molecule has 3 aromatic carbocycles. The second-order valence-electron chi connectivity index (χ2n) is 7.88. The van der Waals surface area contributed by atoms with E-state index in [-0.39, 0.29) is 11.8 Å². The first-order valence-electron chi connectivity index (χ1n) is 9.84. The van der Waals surface area contributed by atoms with Crippen LogP contribution < -0.4 is 15.0 Å². The number of fused-ring (bicyclic) bond motifs is 2. The Kier molecular flexibility index (Phi) is 4.82. The van der Waals surface area contributed by atoms with Crippen molar-refractivity contribution in [3.05, 3.63) is 81.9 Å². The summed E-state index contributed by atoms with van der Waals surface area (Å²) < 4.78 is 6.02. The third kappa shape index (κ3) is 3.43. The van der Waals surface area contributed by atoms with Crippen LogP contribution in [0.25, 0.3) is 0 Å². The lowest BCUT2D eigenvalue weighted by Crippen LogP contribution is -2.25. The Hall–Kier alpha value is -3.60. The van der Waals surface area contributed by atoms with Gasteiger partial charge in [0, 0.05) is 18.3 Å². The van der Waals surface area contributed by atoms with Crippen LogP contribution in [0, 0.1) is 27.7 Å². The Morgan fingerprint density at radius 3 is 2.23 bits per heavy atom. The van der Waals surface area contributed by atoms with E-state index in [1.165, 1.54) is 0 Å². The second-order valence-corrected chi connectivity index (χ2v) is 7.88. The van der Waals surface area contributed by atoms with Gasteiger partial charge in [-0.2, -0.15) is 0 Å². The SMILES string of the molecule is Cc1cc(C)c(C(=O)Nc2ccc3c(c2)C(=O)N(C)c2cc(C)ccc2O3)c(C)c1. The van der Waals surface area contributed by atoms with Crippen molar-refractivity contribution in [2.24, 2.45) is 0 Å². The number of aryl methyl sites for hydroxylation is 4. The minimum absolute atomic E-state index is 0.187. The van der Waals surface area contributed by atoms with E-state index in [4.69, 9.17) is 4.74 Å². The van der Waals surface area contributed by atoms with Crippen LogP contribution in [0.3, 0.4) is 0 Å². The van der Waals surface area contributed by atoms with Crippen molar-refractivity contribution in [3.8, 4) is 11.5 Å². The molecule has 1 aliphatic rings. The fourth-order valence-corrected chi connectivity index (χ4v) is 3.98. The van der Waals surface area contributed by atoms with Gasteiger partial charge in [0.15, 0.2) is 5.75 Å². The van der Waals surface area contributed by atoms with Gasteiger partial charge in [-0.15, -0.1) is 0 Å². The first-order valence-corrected chi connectivity index (χ1v) is 9.84. The number of nitrogens with zero attached hydrogens (tertiary/aromatic N) is 1. The Bertz CT molecular complexity index is 1170. The number of hydrogen-bond acceptors (Lipinski definition) is 3. The molecule has 0 aromatic heterocycles. The number of nitrogens with one attached hydrogen (secondary N) is 1. The summed E-state index contributed by atoms with van der Waals surface area (Å²) in [5.41, 5.74) is 6.32. The average Bonchev–Trinajstić information content (AvgIpc) is 2.77. The molecule has 0 saturated carbocycles. The minimum atomic E-state index is -0.195. The van der Waals surface area contributed by atoms with Gasteiger partial charge < -0.3 is 15.0 Å². The molecule has 0 fully saturated rings. The van der Waals surface area contributed by atoms with E-state index < -0.39 is 0 Å². The quantitative estimate of drug-likeness (QED) is 0.613. The van der Waals surface area contributed by atoms with E-state index in [0.717, 1.165) is 22.3 Å². The number of ether oxygens (including phenoxy) is 1. The molecular weight excluding hydrogens is 376 g/mol. The second kappa shape index (κ2) is 7.34. The summed E-state index contributed by atoms with van der Waals surface area (Å²) >= 11 is 0. The fraction of sp³-hybridized carbons (Fsp3) is 0.200. The highest BCUT2D eigenvalue weighted by Crippen LogP contribution is 2.39. The summed E-state index contributed by atoms with van der Waals surface area (Å²) in [5, 5.41) is 2.93. The predicted octanol–water partition coefficient (Wildman–Crippen LogP) is 5.55. The maximum Gasteiger partial charge on any atom is 0.261 e. The zero-order chi connectivity index (χ0) is 21.6. The van der Waals surface area contributed by atoms with Crippen LogP contribution in [0.2, 0.25) is 0 Å². The summed E-state index contributed by atoms with van der Waals surface area (Å²) in [6.07, 6.45) is 0. The predicted molar refractivity (Wildman–Crippen MR) is 119 cm³/mol. The van der Waals surface area contributed by atoms with Gasteiger partial charge in [-0.25, -0.2) is 0 Å². The highest BCUT2D eigenvalue weighted by molar-refractivity contribution is 6.11. The van der Waals surface area contributed by atoms with Crippen molar-refractivity contribution in [1.29, 1.82) is 0 Å². The molecule has 5 nitrogen and oxygen atoms in total. The van der Waals surface area contributed by atoms with E-state index in [1.807, 2.05) is 58.0 Å². The molecule has 152 valence electrons. The Morgan fingerprint density at radius 2 is 1.53 bits per heavy atom. The van der Waals surface area contributed by atoms with Gasteiger partial charge in [-0.3, -0.25) is 9.59 Å². The average molecular weight is 400 g/mol. The maximum absolute atomic E-state index is 13.1. The lowest BCUT2D eigenvalue weighted by Gasteiger charge is -2.17. The Labute approximate surface area is 176 Å². The largest absolute Gasteiger partial charge is 0.454 e. The van der Waals surface area contributed by atoms with Gasteiger partial charge in [0.05, 0.1) is 11.3 Å². The summed E-state index contributed by atoms with van der Waals surface area (Å²) in [5.74, 6) is 0.709. The Balaban J connectivity index is 1.68. The molecule has 1 N–H and O–H groups in total. The molecule has 0 unspecified atom stereocenters. The number of hydrogen-bond donors (Lipinski definition) is 1. The first-order chi connectivity index (χ1) is 14.2. The van der Waals surface area contributed by atoms with E-state index >= 15 is 0 Å². The highest BCUT2D eigenvalue weighted by atomic mass is 16.5. The van der Waals surface area contributed by atoms with Crippen molar-refractivity contribution in [1.82, 2.24) is 0 Å². The van der Waals surface area contributed by atoms with Crippen LogP contribution in [0.4, 0.5) is 11.4 Å². The number of rotatable bonds is 2. The normalized spacial score (nSPS) is 12.6. The summed E-state index contributed by atoms with van der Waals surface area (Å²) in [6.45, 7) is 7.84. The molecule has 0 bridgehead atoms. The lowest BCUT2D eigenvalue weighted by molar-refractivity contribution is 0.0990. The smallest absolute Gasteiger partial charge is 0.261 e. The van der Waals surface area contributed by atoms with Crippen molar-refractivity contribution in [2.75, 3.05) is 17.3 Å². The summed E-state index contributed by atoms with van der Waals surface area (Å²) in [4.78, 5) is 27.6. The van der Waals surface area contributed by atoms with E-state index in [1.54, 1.807) is 30.1 Å². The van der Waals surface area contributed by atoms with E-state index in [0.29, 0.717) is 34.0 Å². The number of anilines is 2. The molecule has 0 atom stereocenters. The van der Waals surface area contributed by atoms with Crippen molar-refractivity contribution in [3.63, 3.8) is 0 Å². The van der Waals surface area contributed by atoms with Gasteiger partial charge in [-0.05, 0) is 74.7 Å². The molecule has 0 saturated heterocycles. The van der Waals surface area contributed by atoms with Crippen LogP contribution in [-0.4, -0.2) is 18.9 Å². The van der Waals surface area contributed by atoms with Crippen molar-refractivity contribution in [2.45, 2.75) is 27.7 Å². The minimum Gasteiger partial charge on any atom is -0.454 e. The fourth-order valence-electron chi connectivity index (χ4n) is 3.98. The van der Waals surface area contributed by atoms with Gasteiger partial charge >= 0.3 is 0 Å². The third-order valence-corrected chi connectivity index (χ3v) is 5.37. The molecule has 1 heterocycles. The van der Waals surface area contributed by atoms with Crippen LogP contribution in [-0.2, 0) is 0 Å². The maximum atomic E-state index is 13.1. The number of amides is 2. The summed E-state index contributed by atoms with van der Waals surface area (Å²) in [7, 11) is 1.73. The molecular formula is C25H24N2O3. The third-order valence-electron chi connectivity index (χ3n) is 5.37. The zero-order valence-electron chi connectivity index (χ0n) is 17.8. The molecule has 4 rings (SSSR count).